The minimum absolute atomic E-state index is 0.0311. The fourth-order valence-corrected chi connectivity index (χ4v) is 2.47. The van der Waals surface area contributed by atoms with E-state index in [1.165, 1.54) is 0 Å². The van der Waals surface area contributed by atoms with Gasteiger partial charge in [0, 0.05) is 19.1 Å². The van der Waals surface area contributed by atoms with E-state index in [4.69, 9.17) is 4.74 Å². The molecule has 20 heavy (non-hydrogen) atoms. The highest BCUT2D eigenvalue weighted by Gasteiger charge is 2.16. The largest absolute Gasteiger partial charge is 0.378 e. The van der Waals surface area contributed by atoms with E-state index in [1.54, 1.807) is 0 Å². The number of carbonyl (C=O) groups excluding carboxylic acids is 1. The van der Waals surface area contributed by atoms with Crippen LogP contribution >= 0.6 is 15.9 Å². The lowest BCUT2D eigenvalue weighted by Crippen LogP contribution is -2.22. The number of hydrogen-bond acceptors (Lipinski definition) is 2. The molecular weight excluding hydrogens is 332 g/mol. The van der Waals surface area contributed by atoms with Crippen molar-refractivity contribution in [3.63, 3.8) is 0 Å². The third-order valence-electron chi connectivity index (χ3n) is 3.25. The van der Waals surface area contributed by atoms with Gasteiger partial charge in [-0.2, -0.15) is 0 Å². The second kappa shape index (κ2) is 7.13. The second-order valence-corrected chi connectivity index (χ2v) is 5.68. The van der Waals surface area contributed by atoms with Gasteiger partial charge in [-0.15, -0.1) is 0 Å². The monoisotopic (exact) mass is 347 g/mol. The van der Waals surface area contributed by atoms with Crippen molar-refractivity contribution in [1.29, 1.82) is 0 Å². The topological polar surface area (TPSA) is 38.3 Å². The van der Waals surface area contributed by atoms with Gasteiger partial charge in [-0.05, 0) is 47.7 Å². The van der Waals surface area contributed by atoms with Crippen molar-refractivity contribution < 1.29 is 18.3 Å². The van der Waals surface area contributed by atoms with Crippen LogP contribution in [0.1, 0.15) is 32.1 Å². The molecule has 3 nitrogen and oxygen atoms in total. The number of nitrogens with one attached hydrogen (secondary N) is 1. The molecule has 1 N–H and O–H groups in total. The Balaban J connectivity index is 1.86. The van der Waals surface area contributed by atoms with E-state index in [9.17, 15) is 13.6 Å². The van der Waals surface area contributed by atoms with Crippen molar-refractivity contribution in [2.45, 2.75) is 38.2 Å². The average Bonchev–Trinajstić information content (AvgIpc) is 2.44. The molecule has 1 aliphatic heterocycles. The minimum atomic E-state index is -0.666. The van der Waals surface area contributed by atoms with Crippen molar-refractivity contribution in [2.24, 2.45) is 0 Å². The highest BCUT2D eigenvalue weighted by molar-refractivity contribution is 9.10. The number of halogens is 3. The van der Waals surface area contributed by atoms with Crippen molar-refractivity contribution in [3.05, 3.63) is 28.2 Å². The van der Waals surface area contributed by atoms with E-state index >= 15 is 0 Å². The highest BCUT2D eigenvalue weighted by Crippen LogP contribution is 2.24. The maximum absolute atomic E-state index is 13.5. The van der Waals surface area contributed by atoms with Crippen LogP contribution in [-0.4, -0.2) is 18.6 Å². The first-order valence-electron chi connectivity index (χ1n) is 6.62. The normalized spacial score (nSPS) is 18.9. The quantitative estimate of drug-likeness (QED) is 0.835. The Kier molecular flexibility index (Phi) is 5.48. The number of hydrogen-bond donors (Lipinski definition) is 1. The van der Waals surface area contributed by atoms with Gasteiger partial charge >= 0.3 is 0 Å². The smallest absolute Gasteiger partial charge is 0.224 e. The molecule has 0 spiro atoms. The van der Waals surface area contributed by atoms with E-state index in [0.717, 1.165) is 38.0 Å². The SMILES string of the molecule is O=C(CCC1CCCCO1)Nc1cc(F)c(Br)cc1F. The summed E-state index contributed by atoms with van der Waals surface area (Å²) in [5.74, 6) is -1.61. The molecule has 110 valence electrons. The van der Waals surface area contributed by atoms with Crippen LogP contribution in [-0.2, 0) is 9.53 Å². The van der Waals surface area contributed by atoms with Crippen LogP contribution in [0.15, 0.2) is 16.6 Å². The van der Waals surface area contributed by atoms with Gasteiger partial charge in [-0.25, -0.2) is 8.78 Å². The molecular formula is C14H16BrF2NO2. The molecule has 1 unspecified atom stereocenters. The first-order chi connectivity index (χ1) is 9.56. The fraction of sp³-hybridized carbons (Fsp3) is 0.500. The molecule has 1 atom stereocenters. The fourth-order valence-electron chi connectivity index (χ4n) is 2.16. The van der Waals surface area contributed by atoms with Gasteiger partial charge in [0.15, 0.2) is 0 Å². The van der Waals surface area contributed by atoms with Crippen LogP contribution < -0.4 is 5.32 Å². The molecule has 1 aromatic carbocycles. The summed E-state index contributed by atoms with van der Waals surface area (Å²) in [6, 6.07) is 1.96. The number of rotatable bonds is 4. The maximum Gasteiger partial charge on any atom is 0.224 e. The van der Waals surface area contributed by atoms with Crippen molar-refractivity contribution >= 4 is 27.5 Å². The first kappa shape index (κ1) is 15.4. The first-order valence-corrected chi connectivity index (χ1v) is 7.41. The van der Waals surface area contributed by atoms with E-state index in [2.05, 4.69) is 21.2 Å². The molecule has 0 aliphatic carbocycles. The molecule has 0 aromatic heterocycles. The van der Waals surface area contributed by atoms with E-state index in [-0.39, 0.29) is 28.6 Å². The summed E-state index contributed by atoms with van der Waals surface area (Å²) in [7, 11) is 0. The van der Waals surface area contributed by atoms with Gasteiger partial charge in [0.1, 0.15) is 11.6 Å². The molecule has 0 radical (unpaired) electrons. The predicted molar refractivity (Wildman–Crippen MR) is 75.5 cm³/mol. The molecule has 2 rings (SSSR count). The lowest BCUT2D eigenvalue weighted by atomic mass is 10.0. The van der Waals surface area contributed by atoms with Gasteiger partial charge < -0.3 is 10.1 Å². The summed E-state index contributed by atoms with van der Waals surface area (Å²) in [4.78, 5) is 11.7. The molecule has 1 heterocycles. The van der Waals surface area contributed by atoms with Crippen molar-refractivity contribution in [3.8, 4) is 0 Å². The van der Waals surface area contributed by atoms with Crippen LogP contribution in [0.4, 0.5) is 14.5 Å². The summed E-state index contributed by atoms with van der Waals surface area (Å²) < 4.78 is 32.4. The number of benzene rings is 1. The molecule has 1 amide bonds. The van der Waals surface area contributed by atoms with Gasteiger partial charge in [0.05, 0.1) is 16.3 Å². The third-order valence-corrected chi connectivity index (χ3v) is 3.86. The summed E-state index contributed by atoms with van der Waals surface area (Å²) in [6.07, 6.45) is 4.06. The van der Waals surface area contributed by atoms with Gasteiger partial charge in [-0.1, -0.05) is 0 Å². The van der Waals surface area contributed by atoms with Crippen molar-refractivity contribution in [1.82, 2.24) is 0 Å². The van der Waals surface area contributed by atoms with Crippen molar-refractivity contribution in [2.75, 3.05) is 11.9 Å². The van der Waals surface area contributed by atoms with Crippen LogP contribution in [0.3, 0.4) is 0 Å². The lowest BCUT2D eigenvalue weighted by Gasteiger charge is -2.22. The zero-order valence-corrected chi connectivity index (χ0v) is 12.5. The Labute approximate surface area is 124 Å². The predicted octanol–water partition coefficient (Wildman–Crippen LogP) is 4.02. The third kappa shape index (κ3) is 4.24. The van der Waals surface area contributed by atoms with Gasteiger partial charge in [-0.3, -0.25) is 4.79 Å². The standard InChI is InChI=1S/C14H16BrF2NO2/c15-10-7-12(17)13(8-11(10)16)18-14(19)5-4-9-3-1-2-6-20-9/h7-9H,1-6H2,(H,18,19). The number of carbonyl (C=O) groups is 1. The molecule has 1 saturated heterocycles. The summed E-state index contributed by atoms with van der Waals surface area (Å²) >= 11 is 2.88. The summed E-state index contributed by atoms with van der Waals surface area (Å²) in [6.45, 7) is 0.735. The molecule has 0 bridgehead atoms. The van der Waals surface area contributed by atoms with E-state index < -0.39 is 11.6 Å². The van der Waals surface area contributed by atoms with Gasteiger partial charge in [0.25, 0.3) is 0 Å². The molecule has 1 fully saturated rings. The van der Waals surface area contributed by atoms with Crippen LogP contribution in [0.2, 0.25) is 0 Å². The van der Waals surface area contributed by atoms with Crippen LogP contribution in [0.25, 0.3) is 0 Å². The zero-order valence-electron chi connectivity index (χ0n) is 10.9. The Bertz CT molecular complexity index is 490. The maximum atomic E-state index is 13.5. The lowest BCUT2D eigenvalue weighted by molar-refractivity contribution is -0.117. The Morgan fingerprint density at radius 2 is 2.15 bits per heavy atom. The summed E-state index contributed by atoms with van der Waals surface area (Å²) in [5, 5.41) is 2.39. The van der Waals surface area contributed by atoms with Gasteiger partial charge in [0.2, 0.25) is 5.91 Å². The minimum Gasteiger partial charge on any atom is -0.378 e. The molecule has 1 aliphatic rings. The summed E-state index contributed by atoms with van der Waals surface area (Å²) in [5.41, 5.74) is -0.139. The second-order valence-electron chi connectivity index (χ2n) is 4.82. The Morgan fingerprint density at radius 3 is 2.85 bits per heavy atom. The zero-order chi connectivity index (χ0) is 14.5. The Morgan fingerprint density at radius 1 is 1.35 bits per heavy atom. The highest BCUT2D eigenvalue weighted by atomic mass is 79.9. The number of ether oxygens (including phenoxy) is 1. The number of anilines is 1. The molecule has 1 aromatic rings. The Hall–Kier alpha value is -1.01. The average molecular weight is 348 g/mol. The van der Waals surface area contributed by atoms with E-state index in [0.29, 0.717) is 6.42 Å². The van der Waals surface area contributed by atoms with Crippen LogP contribution in [0, 0.1) is 11.6 Å². The number of amides is 1. The molecule has 6 heteroatoms. The van der Waals surface area contributed by atoms with Crippen LogP contribution in [0.5, 0.6) is 0 Å². The van der Waals surface area contributed by atoms with E-state index in [1.807, 2.05) is 0 Å². The molecule has 0 saturated carbocycles.